The molecule has 0 radical (unpaired) electrons. The fourth-order valence-electron chi connectivity index (χ4n) is 5.93. The van der Waals surface area contributed by atoms with Crippen LogP contribution in [0.1, 0.15) is 58.2 Å². The van der Waals surface area contributed by atoms with Crippen LogP contribution in [0.15, 0.2) is 67.0 Å². The van der Waals surface area contributed by atoms with Crippen molar-refractivity contribution in [1.82, 2.24) is 25.1 Å². The molecule has 1 N–H and O–H groups in total. The predicted octanol–water partition coefficient (Wildman–Crippen LogP) is 5.20. The molecule has 3 aromatic rings. The van der Waals surface area contributed by atoms with Crippen molar-refractivity contribution in [1.29, 1.82) is 0 Å². The molecule has 1 aromatic carbocycles. The zero-order chi connectivity index (χ0) is 30.5. The molecule has 2 fully saturated rings. The molecule has 0 unspecified atom stereocenters. The molecule has 2 aliphatic heterocycles. The lowest BCUT2D eigenvalue weighted by Gasteiger charge is -2.41. The molecule has 2 aliphatic rings. The van der Waals surface area contributed by atoms with Gasteiger partial charge in [-0.2, -0.15) is 0 Å². The van der Waals surface area contributed by atoms with Crippen LogP contribution in [0, 0.1) is 0 Å². The minimum atomic E-state index is -0.775. The molecule has 2 amide bonds. The molecule has 5 rings (SSSR count). The number of nitrogens with one attached hydrogen (secondary N) is 1. The van der Waals surface area contributed by atoms with Gasteiger partial charge in [0.1, 0.15) is 5.60 Å². The van der Waals surface area contributed by atoms with E-state index in [1.165, 1.54) is 5.56 Å². The molecular formula is C34H43N5O4. The lowest BCUT2D eigenvalue weighted by molar-refractivity contribution is -0.129. The van der Waals surface area contributed by atoms with E-state index in [2.05, 4.69) is 39.5 Å². The highest BCUT2D eigenvalue weighted by atomic mass is 16.6. The Bertz CT molecular complexity index is 1380. The third-order valence-corrected chi connectivity index (χ3v) is 8.19. The van der Waals surface area contributed by atoms with E-state index in [4.69, 9.17) is 14.5 Å². The monoisotopic (exact) mass is 585 g/mol. The number of piperidine rings is 1. The van der Waals surface area contributed by atoms with Crippen molar-refractivity contribution in [2.45, 2.75) is 70.6 Å². The Labute approximate surface area is 254 Å². The number of nitrogens with zero attached hydrogens (tertiary/aromatic N) is 4. The van der Waals surface area contributed by atoms with Gasteiger partial charge in [0, 0.05) is 49.2 Å². The van der Waals surface area contributed by atoms with Gasteiger partial charge in [0.15, 0.2) is 0 Å². The van der Waals surface area contributed by atoms with E-state index in [0.717, 1.165) is 36.5 Å². The van der Waals surface area contributed by atoms with E-state index in [0.29, 0.717) is 44.8 Å². The summed E-state index contributed by atoms with van der Waals surface area (Å²) in [5.41, 5.74) is 2.44. The average Bonchev–Trinajstić information content (AvgIpc) is 3.47. The van der Waals surface area contributed by atoms with E-state index in [1.807, 2.05) is 64.2 Å². The number of pyridine rings is 2. The number of benzene rings is 1. The van der Waals surface area contributed by atoms with Gasteiger partial charge in [-0.1, -0.05) is 36.4 Å². The standard InChI is InChI=1S/C34H43N5O4/c1-5-42-30-28(12-9-18-35-30)26-13-14-29(36-22-26)34(16-20-38(21-17-34)23-25-10-7-6-8-11-25)31(40)37-27-15-19-39(24-27)32(41)43-33(2,3)4/h6-14,18,22,27H,5,15-17,19-21,23-24H2,1-4H3,(H,37,40)/t27-/m1/s1. The van der Waals surface area contributed by atoms with Crippen molar-refractivity contribution in [2.24, 2.45) is 0 Å². The second-order valence-electron chi connectivity index (χ2n) is 12.5. The number of hydrogen-bond acceptors (Lipinski definition) is 7. The number of carbonyl (C=O) groups is 2. The Morgan fingerprint density at radius 1 is 1.00 bits per heavy atom. The van der Waals surface area contributed by atoms with Gasteiger partial charge in [-0.05, 0) is 83.8 Å². The molecule has 0 saturated carbocycles. The number of carbonyl (C=O) groups excluding carboxylic acids is 2. The summed E-state index contributed by atoms with van der Waals surface area (Å²) in [7, 11) is 0. The molecule has 4 heterocycles. The average molecular weight is 586 g/mol. The van der Waals surface area contributed by atoms with Gasteiger partial charge in [0.2, 0.25) is 11.8 Å². The third kappa shape index (κ3) is 7.33. The van der Waals surface area contributed by atoms with Gasteiger partial charge in [-0.25, -0.2) is 9.78 Å². The summed E-state index contributed by atoms with van der Waals surface area (Å²) in [4.78, 5) is 40.2. The van der Waals surface area contributed by atoms with Gasteiger partial charge in [0.25, 0.3) is 0 Å². The van der Waals surface area contributed by atoms with Gasteiger partial charge in [-0.3, -0.25) is 14.7 Å². The first-order chi connectivity index (χ1) is 20.7. The van der Waals surface area contributed by atoms with Crippen LogP contribution in [-0.2, 0) is 21.5 Å². The van der Waals surface area contributed by atoms with Crippen molar-refractivity contribution in [2.75, 3.05) is 32.8 Å². The number of rotatable bonds is 8. The molecule has 0 bridgehead atoms. The van der Waals surface area contributed by atoms with Gasteiger partial charge in [0.05, 0.1) is 17.7 Å². The summed E-state index contributed by atoms with van der Waals surface area (Å²) >= 11 is 0. The fraction of sp³-hybridized carbons (Fsp3) is 0.471. The molecule has 0 spiro atoms. The van der Waals surface area contributed by atoms with Gasteiger partial charge in [-0.15, -0.1) is 0 Å². The minimum Gasteiger partial charge on any atom is -0.478 e. The molecule has 9 heteroatoms. The Kier molecular flexibility index (Phi) is 9.30. The van der Waals surface area contributed by atoms with E-state index in [-0.39, 0.29) is 18.0 Å². The number of likely N-dealkylation sites (tertiary alicyclic amines) is 2. The summed E-state index contributed by atoms with van der Waals surface area (Å²) in [6, 6.07) is 18.1. The zero-order valence-electron chi connectivity index (χ0n) is 25.7. The fourth-order valence-corrected chi connectivity index (χ4v) is 5.93. The topological polar surface area (TPSA) is 96.9 Å². The Morgan fingerprint density at radius 2 is 1.77 bits per heavy atom. The Balaban J connectivity index is 1.35. The third-order valence-electron chi connectivity index (χ3n) is 8.19. The molecule has 228 valence electrons. The van der Waals surface area contributed by atoms with E-state index < -0.39 is 11.0 Å². The molecule has 1 atom stereocenters. The largest absolute Gasteiger partial charge is 0.478 e. The summed E-state index contributed by atoms with van der Waals surface area (Å²) in [6.07, 6.45) is 5.18. The van der Waals surface area contributed by atoms with Gasteiger partial charge >= 0.3 is 6.09 Å². The summed E-state index contributed by atoms with van der Waals surface area (Å²) < 4.78 is 11.3. The van der Waals surface area contributed by atoms with Crippen LogP contribution in [0.3, 0.4) is 0 Å². The van der Waals surface area contributed by atoms with Crippen LogP contribution >= 0.6 is 0 Å². The van der Waals surface area contributed by atoms with E-state index >= 15 is 0 Å². The molecule has 0 aliphatic carbocycles. The highest BCUT2D eigenvalue weighted by Crippen LogP contribution is 2.37. The van der Waals surface area contributed by atoms with E-state index in [9.17, 15) is 9.59 Å². The number of ether oxygens (including phenoxy) is 2. The number of aromatic nitrogens is 2. The SMILES string of the molecule is CCOc1ncccc1-c1ccc(C2(C(=O)N[C@@H]3CCN(C(=O)OC(C)(C)C)C3)CCN(Cc3ccccc3)CC2)nc1. The van der Waals surface area contributed by atoms with Crippen LogP contribution in [0.4, 0.5) is 4.79 Å². The summed E-state index contributed by atoms with van der Waals surface area (Å²) in [5.74, 6) is 0.538. The van der Waals surface area contributed by atoms with Crippen molar-refractivity contribution >= 4 is 12.0 Å². The van der Waals surface area contributed by atoms with Crippen LogP contribution < -0.4 is 10.1 Å². The highest BCUT2D eigenvalue weighted by Gasteiger charge is 2.45. The number of amides is 2. The lowest BCUT2D eigenvalue weighted by Crippen LogP contribution is -2.54. The highest BCUT2D eigenvalue weighted by molar-refractivity contribution is 5.88. The second-order valence-corrected chi connectivity index (χ2v) is 12.5. The van der Waals surface area contributed by atoms with Crippen LogP contribution in [-0.4, -0.2) is 76.2 Å². The first kappa shape index (κ1) is 30.5. The normalized spacial score (nSPS) is 18.7. The van der Waals surface area contributed by atoms with Crippen LogP contribution in [0.25, 0.3) is 11.1 Å². The maximum Gasteiger partial charge on any atom is 0.410 e. The molecular weight excluding hydrogens is 542 g/mol. The van der Waals surface area contributed by atoms with Crippen LogP contribution in [0.5, 0.6) is 5.88 Å². The Hall–Kier alpha value is -3.98. The van der Waals surface area contributed by atoms with Gasteiger partial charge < -0.3 is 19.7 Å². The maximum absolute atomic E-state index is 14.2. The first-order valence-corrected chi connectivity index (χ1v) is 15.3. The van der Waals surface area contributed by atoms with Crippen molar-refractivity contribution in [3.05, 3.63) is 78.2 Å². The Morgan fingerprint density at radius 3 is 2.44 bits per heavy atom. The van der Waals surface area contributed by atoms with E-state index in [1.54, 1.807) is 11.1 Å². The van der Waals surface area contributed by atoms with Crippen LogP contribution in [0.2, 0.25) is 0 Å². The molecule has 2 saturated heterocycles. The van der Waals surface area contributed by atoms with Crippen molar-refractivity contribution < 1.29 is 19.1 Å². The molecule has 2 aromatic heterocycles. The first-order valence-electron chi connectivity index (χ1n) is 15.3. The van der Waals surface area contributed by atoms with Crippen molar-refractivity contribution in [3.8, 4) is 17.0 Å². The van der Waals surface area contributed by atoms with Crippen molar-refractivity contribution in [3.63, 3.8) is 0 Å². The summed E-state index contributed by atoms with van der Waals surface area (Å²) in [5, 5.41) is 3.30. The predicted molar refractivity (Wildman–Crippen MR) is 166 cm³/mol. The lowest BCUT2D eigenvalue weighted by atomic mass is 9.74. The smallest absolute Gasteiger partial charge is 0.410 e. The number of hydrogen-bond donors (Lipinski definition) is 1. The maximum atomic E-state index is 14.2. The summed E-state index contributed by atoms with van der Waals surface area (Å²) in [6.45, 7) is 11.4. The second kappa shape index (κ2) is 13.1. The zero-order valence-corrected chi connectivity index (χ0v) is 25.7. The minimum absolute atomic E-state index is 0.0282. The quantitative estimate of drug-likeness (QED) is 0.388. The molecule has 9 nitrogen and oxygen atoms in total. The molecule has 43 heavy (non-hydrogen) atoms.